The van der Waals surface area contributed by atoms with E-state index in [1.807, 2.05) is 0 Å². The van der Waals surface area contributed by atoms with Gasteiger partial charge in [-0.2, -0.15) is 5.10 Å². The number of nitrogens with zero attached hydrogens (tertiary/aromatic N) is 2. The van der Waals surface area contributed by atoms with Crippen molar-refractivity contribution in [3.63, 3.8) is 0 Å². The van der Waals surface area contributed by atoms with Crippen molar-refractivity contribution in [3.05, 3.63) is 53.9 Å². The fourth-order valence-electron chi connectivity index (χ4n) is 1.95. The van der Waals surface area contributed by atoms with Gasteiger partial charge in [0.25, 0.3) is 0 Å². The molecule has 27 heavy (non-hydrogen) atoms. The number of hydrazone groups is 1. The number of amides is 1. The molecule has 0 bridgehead atoms. The summed E-state index contributed by atoms with van der Waals surface area (Å²) in [5.41, 5.74) is 2.61. The Morgan fingerprint density at radius 3 is 2.59 bits per heavy atom. The van der Waals surface area contributed by atoms with Gasteiger partial charge < -0.3 is 14.2 Å². The second kappa shape index (κ2) is 8.79. The maximum atomic E-state index is 12.1. The van der Waals surface area contributed by atoms with Gasteiger partial charge in [-0.3, -0.25) is 4.98 Å². The molecule has 0 saturated carbocycles. The molecule has 0 saturated heterocycles. The third kappa shape index (κ3) is 6.43. The molecule has 1 aromatic heterocycles. The van der Waals surface area contributed by atoms with Gasteiger partial charge in [0.2, 0.25) is 0 Å². The number of aromatic nitrogens is 1. The first kappa shape index (κ1) is 19.9. The smallest absolute Gasteiger partial charge is 0.428 e. The quantitative estimate of drug-likeness (QED) is 0.375. The predicted molar refractivity (Wildman–Crippen MR) is 99.2 cm³/mol. The summed E-state index contributed by atoms with van der Waals surface area (Å²) in [6, 6.07) is 8.10. The molecule has 0 aliphatic rings. The summed E-state index contributed by atoms with van der Waals surface area (Å²) in [5.74, 6) is 0.0477. The van der Waals surface area contributed by atoms with Crippen molar-refractivity contribution in [1.82, 2.24) is 10.4 Å². The summed E-state index contributed by atoms with van der Waals surface area (Å²) in [7, 11) is 1.45. The number of carbonyl (C=O) groups is 2. The second-order valence-corrected chi connectivity index (χ2v) is 6.41. The van der Waals surface area contributed by atoms with E-state index in [1.165, 1.54) is 19.5 Å². The zero-order valence-corrected chi connectivity index (χ0v) is 15.6. The van der Waals surface area contributed by atoms with E-state index in [1.54, 1.807) is 57.3 Å². The number of methoxy groups -OCH3 is 1. The highest BCUT2D eigenvalue weighted by atomic mass is 16.6. The Morgan fingerprint density at radius 1 is 1.19 bits per heavy atom. The van der Waals surface area contributed by atoms with Gasteiger partial charge in [0.05, 0.1) is 18.9 Å². The predicted octanol–water partition coefficient (Wildman–Crippen LogP) is 3.17. The van der Waals surface area contributed by atoms with E-state index in [9.17, 15) is 9.59 Å². The van der Waals surface area contributed by atoms with E-state index in [0.717, 1.165) is 0 Å². The average Bonchev–Trinajstić information content (AvgIpc) is 2.62. The Kier molecular flexibility index (Phi) is 6.48. The highest BCUT2D eigenvalue weighted by molar-refractivity contribution is 5.91. The topological polar surface area (TPSA) is 99.1 Å². The van der Waals surface area contributed by atoms with E-state index < -0.39 is 17.7 Å². The normalized spacial score (nSPS) is 11.1. The molecule has 0 aliphatic carbocycles. The van der Waals surface area contributed by atoms with Crippen molar-refractivity contribution in [2.75, 3.05) is 7.11 Å². The lowest BCUT2D eigenvalue weighted by Crippen LogP contribution is -2.29. The number of hydrogen-bond acceptors (Lipinski definition) is 7. The lowest BCUT2D eigenvalue weighted by molar-refractivity contribution is 0.0529. The molecule has 1 heterocycles. The summed E-state index contributed by atoms with van der Waals surface area (Å²) >= 11 is 0. The minimum absolute atomic E-state index is 0.253. The molecule has 2 aromatic rings. The Balaban J connectivity index is 2.04. The van der Waals surface area contributed by atoms with E-state index in [4.69, 9.17) is 14.2 Å². The standard InChI is InChI=1S/C19H21N3O5/c1-19(2,3)27-18(24)22-21-11-13-7-8-15(16(10-13)25-4)26-17(23)14-6-5-9-20-12-14/h5-12H,1-4H3,(H,22,24)/b21-11-. The van der Waals surface area contributed by atoms with Crippen LogP contribution >= 0.6 is 0 Å². The fourth-order valence-corrected chi connectivity index (χ4v) is 1.95. The van der Waals surface area contributed by atoms with Gasteiger partial charge in [-0.15, -0.1) is 0 Å². The molecule has 1 N–H and O–H groups in total. The van der Waals surface area contributed by atoms with Crippen LogP contribution in [-0.4, -0.2) is 36.0 Å². The zero-order valence-electron chi connectivity index (χ0n) is 15.6. The van der Waals surface area contributed by atoms with Gasteiger partial charge in [0.15, 0.2) is 11.5 Å². The lowest BCUT2D eigenvalue weighted by Gasteiger charge is -2.18. The van der Waals surface area contributed by atoms with Gasteiger partial charge in [-0.05, 0) is 56.7 Å². The van der Waals surface area contributed by atoms with Gasteiger partial charge in [0.1, 0.15) is 5.60 Å². The van der Waals surface area contributed by atoms with Crippen LogP contribution in [0, 0.1) is 0 Å². The second-order valence-electron chi connectivity index (χ2n) is 6.41. The van der Waals surface area contributed by atoms with Gasteiger partial charge in [0, 0.05) is 12.4 Å². The number of nitrogens with one attached hydrogen (secondary N) is 1. The summed E-state index contributed by atoms with van der Waals surface area (Å²) in [6.07, 6.45) is 3.74. The molecule has 0 aliphatic heterocycles. The maximum Gasteiger partial charge on any atom is 0.428 e. The summed E-state index contributed by atoms with van der Waals surface area (Å²) < 4.78 is 15.7. The molecular formula is C19H21N3O5. The van der Waals surface area contributed by atoms with Crippen LogP contribution in [-0.2, 0) is 4.74 Å². The number of esters is 1. The molecule has 8 heteroatoms. The Labute approximate surface area is 157 Å². The number of pyridine rings is 1. The third-order valence-electron chi connectivity index (χ3n) is 3.06. The molecule has 0 spiro atoms. The van der Waals surface area contributed by atoms with Crippen molar-refractivity contribution in [2.24, 2.45) is 5.10 Å². The third-order valence-corrected chi connectivity index (χ3v) is 3.06. The molecule has 0 fully saturated rings. The highest BCUT2D eigenvalue weighted by Gasteiger charge is 2.15. The van der Waals surface area contributed by atoms with Gasteiger partial charge in [-0.1, -0.05) is 0 Å². The van der Waals surface area contributed by atoms with Crippen molar-refractivity contribution in [2.45, 2.75) is 26.4 Å². The molecule has 0 radical (unpaired) electrons. The number of ether oxygens (including phenoxy) is 3. The van der Waals surface area contributed by atoms with Crippen LogP contribution < -0.4 is 14.9 Å². The first-order chi connectivity index (χ1) is 12.8. The van der Waals surface area contributed by atoms with E-state index >= 15 is 0 Å². The highest BCUT2D eigenvalue weighted by Crippen LogP contribution is 2.28. The van der Waals surface area contributed by atoms with Crippen molar-refractivity contribution in [3.8, 4) is 11.5 Å². The molecule has 1 aromatic carbocycles. The molecular weight excluding hydrogens is 350 g/mol. The zero-order chi connectivity index (χ0) is 19.9. The van der Waals surface area contributed by atoms with Crippen molar-refractivity contribution < 1.29 is 23.8 Å². The average molecular weight is 371 g/mol. The van der Waals surface area contributed by atoms with Crippen LogP contribution in [0.25, 0.3) is 0 Å². The fraction of sp³-hybridized carbons (Fsp3) is 0.263. The Morgan fingerprint density at radius 2 is 1.96 bits per heavy atom. The van der Waals surface area contributed by atoms with E-state index in [-0.39, 0.29) is 5.75 Å². The number of carbonyl (C=O) groups excluding carboxylic acids is 2. The van der Waals surface area contributed by atoms with Crippen LogP contribution in [0.5, 0.6) is 11.5 Å². The molecule has 0 unspecified atom stereocenters. The van der Waals surface area contributed by atoms with Crippen LogP contribution in [0.1, 0.15) is 36.7 Å². The first-order valence-corrected chi connectivity index (χ1v) is 8.11. The largest absolute Gasteiger partial charge is 0.493 e. The molecule has 142 valence electrons. The van der Waals surface area contributed by atoms with E-state index in [0.29, 0.717) is 16.9 Å². The SMILES string of the molecule is COc1cc(/C=N\NC(=O)OC(C)(C)C)ccc1OC(=O)c1cccnc1. The number of rotatable bonds is 5. The minimum Gasteiger partial charge on any atom is -0.493 e. The van der Waals surface area contributed by atoms with Crippen LogP contribution in [0.2, 0.25) is 0 Å². The summed E-state index contributed by atoms with van der Waals surface area (Å²) in [6.45, 7) is 5.27. The van der Waals surface area contributed by atoms with Crippen LogP contribution in [0.3, 0.4) is 0 Å². The van der Waals surface area contributed by atoms with Crippen LogP contribution in [0.4, 0.5) is 4.79 Å². The Hall–Kier alpha value is -3.42. The molecule has 0 atom stereocenters. The molecule has 8 nitrogen and oxygen atoms in total. The van der Waals surface area contributed by atoms with Crippen molar-refractivity contribution >= 4 is 18.3 Å². The molecule has 1 amide bonds. The van der Waals surface area contributed by atoms with Crippen molar-refractivity contribution in [1.29, 1.82) is 0 Å². The summed E-state index contributed by atoms with van der Waals surface area (Å²) in [5, 5.41) is 3.82. The molecule has 2 rings (SSSR count). The number of hydrogen-bond donors (Lipinski definition) is 1. The van der Waals surface area contributed by atoms with E-state index in [2.05, 4.69) is 15.5 Å². The number of benzene rings is 1. The van der Waals surface area contributed by atoms with Gasteiger partial charge in [-0.25, -0.2) is 15.0 Å². The first-order valence-electron chi connectivity index (χ1n) is 8.11. The van der Waals surface area contributed by atoms with Gasteiger partial charge >= 0.3 is 12.1 Å². The minimum atomic E-state index is -0.660. The van der Waals surface area contributed by atoms with Crippen LogP contribution in [0.15, 0.2) is 47.8 Å². The maximum absolute atomic E-state index is 12.1. The monoisotopic (exact) mass is 371 g/mol. The lowest BCUT2D eigenvalue weighted by atomic mass is 10.2. The Bertz CT molecular complexity index is 829. The summed E-state index contributed by atoms with van der Waals surface area (Å²) in [4.78, 5) is 27.6.